The van der Waals surface area contributed by atoms with Crippen LogP contribution in [-0.2, 0) is 0 Å². The van der Waals surface area contributed by atoms with Crippen LogP contribution in [0.2, 0.25) is 5.02 Å². The van der Waals surface area contributed by atoms with Crippen molar-refractivity contribution in [2.75, 3.05) is 13.1 Å². The van der Waals surface area contributed by atoms with Crippen molar-refractivity contribution in [3.05, 3.63) is 34.9 Å². The first kappa shape index (κ1) is 13.5. The van der Waals surface area contributed by atoms with E-state index in [1.807, 2.05) is 12.1 Å². The Morgan fingerprint density at radius 3 is 2.69 bits per heavy atom. The van der Waals surface area contributed by atoms with Crippen LogP contribution < -0.4 is 5.32 Å². The monoisotopic (exact) mass is 239 g/mol. The predicted molar refractivity (Wildman–Crippen MR) is 72.2 cm³/mol. The van der Waals surface area contributed by atoms with E-state index in [1.54, 1.807) is 0 Å². The minimum absolute atomic E-state index is 0.544. The maximum absolute atomic E-state index is 6.00. The second-order valence-electron chi connectivity index (χ2n) is 4.53. The molecule has 0 aliphatic heterocycles. The number of nitrogens with one attached hydrogen (secondary N) is 1. The molecular weight excluding hydrogens is 218 g/mol. The zero-order chi connectivity index (χ0) is 12.0. The molecule has 0 radical (unpaired) electrons. The topological polar surface area (TPSA) is 12.0 Å². The minimum atomic E-state index is 0.544. The Kier molecular flexibility index (Phi) is 5.86. The molecule has 0 bridgehead atoms. The lowest BCUT2D eigenvalue weighted by atomic mass is 9.89. The fourth-order valence-corrected chi connectivity index (χ4v) is 2.00. The fourth-order valence-electron chi connectivity index (χ4n) is 1.80. The number of hydrogen-bond donors (Lipinski definition) is 1. The van der Waals surface area contributed by atoms with Gasteiger partial charge in [-0.25, -0.2) is 0 Å². The molecule has 0 aliphatic rings. The summed E-state index contributed by atoms with van der Waals surface area (Å²) in [5, 5.41) is 4.30. The van der Waals surface area contributed by atoms with E-state index in [-0.39, 0.29) is 0 Å². The normalized spacial score (nSPS) is 14.8. The van der Waals surface area contributed by atoms with Gasteiger partial charge in [0.25, 0.3) is 0 Å². The Balaban J connectivity index is 2.52. The fraction of sp³-hybridized carbons (Fsp3) is 0.571. The lowest BCUT2D eigenvalue weighted by Crippen LogP contribution is -2.25. The van der Waals surface area contributed by atoms with Gasteiger partial charge in [0.2, 0.25) is 0 Å². The summed E-state index contributed by atoms with van der Waals surface area (Å²) in [4.78, 5) is 0. The third-order valence-corrected chi connectivity index (χ3v) is 3.36. The van der Waals surface area contributed by atoms with Gasteiger partial charge in [-0.05, 0) is 49.0 Å². The van der Waals surface area contributed by atoms with Crippen molar-refractivity contribution in [2.24, 2.45) is 5.92 Å². The molecule has 2 unspecified atom stereocenters. The molecule has 2 atom stereocenters. The summed E-state index contributed by atoms with van der Waals surface area (Å²) in [7, 11) is 0. The predicted octanol–water partition coefficient (Wildman–Crippen LogP) is 4.08. The van der Waals surface area contributed by atoms with Gasteiger partial charge >= 0.3 is 0 Å². The van der Waals surface area contributed by atoms with E-state index < -0.39 is 0 Å². The first-order valence-corrected chi connectivity index (χ1v) is 6.49. The van der Waals surface area contributed by atoms with Gasteiger partial charge in [0.1, 0.15) is 0 Å². The van der Waals surface area contributed by atoms with Gasteiger partial charge < -0.3 is 5.32 Å². The van der Waals surface area contributed by atoms with Crippen LogP contribution in [-0.4, -0.2) is 13.1 Å². The van der Waals surface area contributed by atoms with Crippen molar-refractivity contribution in [1.29, 1.82) is 0 Å². The Morgan fingerprint density at radius 1 is 1.31 bits per heavy atom. The minimum Gasteiger partial charge on any atom is -0.316 e. The Hall–Kier alpha value is -0.530. The lowest BCUT2D eigenvalue weighted by Gasteiger charge is -2.21. The maximum Gasteiger partial charge on any atom is 0.0408 e. The van der Waals surface area contributed by atoms with E-state index in [0.29, 0.717) is 11.8 Å². The van der Waals surface area contributed by atoms with Gasteiger partial charge in [-0.3, -0.25) is 0 Å². The lowest BCUT2D eigenvalue weighted by molar-refractivity contribution is 0.448. The van der Waals surface area contributed by atoms with Crippen LogP contribution >= 0.6 is 11.6 Å². The molecule has 0 aliphatic carbocycles. The van der Waals surface area contributed by atoms with Crippen LogP contribution in [0.15, 0.2) is 24.3 Å². The van der Waals surface area contributed by atoms with E-state index in [1.165, 1.54) is 12.0 Å². The van der Waals surface area contributed by atoms with E-state index >= 15 is 0 Å². The zero-order valence-corrected chi connectivity index (χ0v) is 11.2. The highest BCUT2D eigenvalue weighted by Crippen LogP contribution is 2.25. The molecule has 0 amide bonds. The first-order chi connectivity index (χ1) is 7.65. The van der Waals surface area contributed by atoms with Gasteiger partial charge in [0.15, 0.2) is 0 Å². The molecule has 1 aromatic rings. The van der Waals surface area contributed by atoms with Crippen molar-refractivity contribution in [3.63, 3.8) is 0 Å². The Morgan fingerprint density at radius 2 is 2.06 bits per heavy atom. The van der Waals surface area contributed by atoms with Gasteiger partial charge in [-0.15, -0.1) is 0 Å². The summed E-state index contributed by atoms with van der Waals surface area (Å²) in [5.74, 6) is 1.17. The molecular formula is C14H22ClN. The van der Waals surface area contributed by atoms with Gasteiger partial charge in [0, 0.05) is 5.02 Å². The summed E-state index contributed by atoms with van der Waals surface area (Å²) in [5.41, 5.74) is 1.33. The molecule has 90 valence electrons. The van der Waals surface area contributed by atoms with Crippen molar-refractivity contribution in [3.8, 4) is 0 Å². The summed E-state index contributed by atoms with van der Waals surface area (Å²) in [6, 6.07) is 8.19. The van der Waals surface area contributed by atoms with Crippen LogP contribution in [0.5, 0.6) is 0 Å². The first-order valence-electron chi connectivity index (χ1n) is 6.11. The smallest absolute Gasteiger partial charge is 0.0408 e. The number of halogens is 1. The van der Waals surface area contributed by atoms with Gasteiger partial charge in [-0.2, -0.15) is 0 Å². The van der Waals surface area contributed by atoms with Gasteiger partial charge in [0.05, 0.1) is 0 Å². The highest BCUT2D eigenvalue weighted by molar-refractivity contribution is 6.30. The zero-order valence-electron chi connectivity index (χ0n) is 10.5. The second kappa shape index (κ2) is 6.93. The summed E-state index contributed by atoms with van der Waals surface area (Å²) >= 11 is 6.00. The summed E-state index contributed by atoms with van der Waals surface area (Å²) in [6.07, 6.45) is 1.19. The Labute approximate surface area is 104 Å². The standard InChI is InChI=1S/C14H22ClN/c1-4-8-16-10-11(2)12(3)13-6-5-7-14(15)9-13/h5-7,9,11-12,16H,4,8,10H2,1-3H3. The van der Waals surface area contributed by atoms with Crippen LogP contribution in [0.25, 0.3) is 0 Å². The van der Waals surface area contributed by atoms with E-state index in [4.69, 9.17) is 11.6 Å². The van der Waals surface area contributed by atoms with Crippen molar-refractivity contribution >= 4 is 11.6 Å². The maximum atomic E-state index is 6.00. The third kappa shape index (κ3) is 4.15. The molecule has 1 rings (SSSR count). The van der Waals surface area contributed by atoms with Crippen molar-refractivity contribution in [2.45, 2.75) is 33.1 Å². The summed E-state index contributed by atoms with van der Waals surface area (Å²) < 4.78 is 0. The molecule has 0 saturated heterocycles. The molecule has 1 nitrogen and oxygen atoms in total. The van der Waals surface area contributed by atoms with E-state index in [2.05, 4.69) is 38.2 Å². The average molecular weight is 240 g/mol. The average Bonchev–Trinajstić information content (AvgIpc) is 2.28. The third-order valence-electron chi connectivity index (χ3n) is 3.12. The summed E-state index contributed by atoms with van der Waals surface area (Å²) in [6.45, 7) is 8.92. The molecule has 0 saturated carbocycles. The van der Waals surface area contributed by atoms with Crippen molar-refractivity contribution < 1.29 is 0 Å². The quantitative estimate of drug-likeness (QED) is 0.738. The largest absolute Gasteiger partial charge is 0.316 e. The molecule has 0 spiro atoms. The molecule has 2 heteroatoms. The second-order valence-corrected chi connectivity index (χ2v) is 4.96. The van der Waals surface area contributed by atoms with Crippen molar-refractivity contribution in [1.82, 2.24) is 5.32 Å². The van der Waals surface area contributed by atoms with Gasteiger partial charge in [-0.1, -0.05) is 44.5 Å². The van der Waals surface area contributed by atoms with Crippen LogP contribution in [0.1, 0.15) is 38.7 Å². The molecule has 16 heavy (non-hydrogen) atoms. The number of benzene rings is 1. The SMILES string of the molecule is CCCNCC(C)C(C)c1cccc(Cl)c1. The van der Waals surface area contributed by atoms with Crippen LogP contribution in [0.3, 0.4) is 0 Å². The number of rotatable bonds is 6. The van der Waals surface area contributed by atoms with E-state index in [9.17, 15) is 0 Å². The Bertz CT molecular complexity index is 311. The molecule has 1 aromatic carbocycles. The highest BCUT2D eigenvalue weighted by atomic mass is 35.5. The number of hydrogen-bond acceptors (Lipinski definition) is 1. The molecule has 0 heterocycles. The highest BCUT2D eigenvalue weighted by Gasteiger charge is 2.13. The molecule has 1 N–H and O–H groups in total. The van der Waals surface area contributed by atoms with Crippen LogP contribution in [0, 0.1) is 5.92 Å². The van der Waals surface area contributed by atoms with E-state index in [0.717, 1.165) is 18.1 Å². The molecule has 0 aromatic heterocycles. The molecule has 0 fully saturated rings. The van der Waals surface area contributed by atoms with Crippen LogP contribution in [0.4, 0.5) is 0 Å².